The first-order valence-electron chi connectivity index (χ1n) is 9.20. The van der Waals surface area contributed by atoms with Gasteiger partial charge in [-0.3, -0.25) is 10.1 Å². The normalized spacial score (nSPS) is 16.5. The molecule has 1 amide bonds. The number of nitrogens with one attached hydrogen (secondary N) is 2. The van der Waals surface area contributed by atoms with Crippen molar-refractivity contribution in [3.63, 3.8) is 0 Å². The predicted octanol–water partition coefficient (Wildman–Crippen LogP) is 3.07. The molecule has 1 aromatic rings. The van der Waals surface area contributed by atoms with Crippen LogP contribution in [0.5, 0.6) is 0 Å². The number of amides is 1. The third-order valence-corrected chi connectivity index (χ3v) is 4.72. The van der Waals surface area contributed by atoms with Gasteiger partial charge in [0.05, 0.1) is 11.7 Å². The molecule has 0 unspecified atom stereocenters. The van der Waals surface area contributed by atoms with Crippen LogP contribution in [0.1, 0.15) is 53.0 Å². The second kappa shape index (κ2) is 9.80. The highest BCUT2D eigenvalue weighted by Crippen LogP contribution is 2.17. The minimum Gasteiger partial charge on any atom is -0.336 e. The molecule has 0 fully saturated rings. The lowest BCUT2D eigenvalue weighted by atomic mass is 9.93. The Hall–Kier alpha value is -1.39. The predicted molar refractivity (Wildman–Crippen MR) is 102 cm³/mol. The molecule has 0 bridgehead atoms. The second-order valence-electron chi connectivity index (χ2n) is 7.27. The van der Waals surface area contributed by atoms with Gasteiger partial charge in [0.15, 0.2) is 0 Å². The maximum absolute atomic E-state index is 12.7. The second-order valence-corrected chi connectivity index (χ2v) is 7.27. The number of rotatable bonds is 10. The summed E-state index contributed by atoms with van der Waals surface area (Å²) in [5.74, 6) is 0.603. The van der Waals surface area contributed by atoms with Crippen LogP contribution >= 0.6 is 0 Å². The van der Waals surface area contributed by atoms with Crippen molar-refractivity contribution in [2.45, 2.75) is 65.6 Å². The summed E-state index contributed by atoms with van der Waals surface area (Å²) in [6.45, 7) is 11.4. The zero-order chi connectivity index (χ0) is 18.2. The minimum absolute atomic E-state index is 0.0709. The third-order valence-electron chi connectivity index (χ3n) is 4.72. The number of carbonyl (C=O) groups excluding carboxylic acids is 1. The lowest BCUT2D eigenvalue weighted by Crippen LogP contribution is -2.63. The van der Waals surface area contributed by atoms with Gasteiger partial charge in [0.1, 0.15) is 0 Å². The molecular weight excluding hydrogens is 298 g/mol. The molecular formula is C20H35N3O. The molecule has 4 N–H and O–H groups in total. The van der Waals surface area contributed by atoms with Gasteiger partial charge in [-0.2, -0.15) is 0 Å². The maximum atomic E-state index is 12.7. The first kappa shape index (κ1) is 20.7. The summed E-state index contributed by atoms with van der Waals surface area (Å²) in [6, 6.07) is 9.80. The zero-order valence-electron chi connectivity index (χ0n) is 15.9. The highest BCUT2D eigenvalue weighted by atomic mass is 16.2. The average molecular weight is 334 g/mol. The molecule has 0 radical (unpaired) electrons. The van der Waals surface area contributed by atoms with Crippen molar-refractivity contribution < 1.29 is 4.79 Å². The number of nitrogens with two attached hydrogens (primary N) is 1. The van der Waals surface area contributed by atoms with E-state index in [1.54, 1.807) is 0 Å². The Bertz CT molecular complexity index is 489. The standard InChI is InChI=1S/C20H35N3O/c1-6-16(5)18(21)19(24)23-20(7-2,22-14-15(3)4)13-17-11-9-8-10-12-17/h8-12,15-16,18,22H,6-7,13-14,21H2,1-5H3,(H,23,24)/t16-,18-,20-/m0/s1. The minimum atomic E-state index is -0.474. The monoisotopic (exact) mass is 333 g/mol. The Morgan fingerprint density at radius 3 is 2.29 bits per heavy atom. The molecule has 0 saturated carbocycles. The SMILES string of the molecule is CC[C@H](C)[C@H](N)C(=O)N[C@@](CC)(Cc1ccccc1)NCC(C)C. The largest absolute Gasteiger partial charge is 0.336 e. The first-order chi connectivity index (χ1) is 11.3. The lowest BCUT2D eigenvalue weighted by molar-refractivity contribution is -0.126. The summed E-state index contributed by atoms with van der Waals surface area (Å²) >= 11 is 0. The third kappa shape index (κ3) is 6.25. The van der Waals surface area contributed by atoms with Gasteiger partial charge in [-0.05, 0) is 30.4 Å². The molecule has 0 aliphatic carbocycles. The molecule has 0 aliphatic heterocycles. The molecule has 1 aromatic carbocycles. The topological polar surface area (TPSA) is 67.2 Å². The van der Waals surface area contributed by atoms with Gasteiger partial charge in [-0.25, -0.2) is 0 Å². The van der Waals surface area contributed by atoms with E-state index in [9.17, 15) is 4.79 Å². The van der Waals surface area contributed by atoms with E-state index in [-0.39, 0.29) is 11.8 Å². The summed E-state index contributed by atoms with van der Waals surface area (Å²) in [5, 5.41) is 6.81. The molecule has 4 nitrogen and oxygen atoms in total. The van der Waals surface area contributed by atoms with E-state index < -0.39 is 11.7 Å². The van der Waals surface area contributed by atoms with Gasteiger partial charge in [-0.1, -0.05) is 71.4 Å². The fourth-order valence-electron chi connectivity index (χ4n) is 2.66. The Balaban J connectivity index is 2.95. The van der Waals surface area contributed by atoms with Crippen LogP contribution in [-0.4, -0.2) is 24.2 Å². The van der Waals surface area contributed by atoms with Crippen molar-refractivity contribution >= 4 is 5.91 Å². The number of hydrogen-bond acceptors (Lipinski definition) is 3. The first-order valence-corrected chi connectivity index (χ1v) is 9.20. The summed E-state index contributed by atoms with van der Waals surface area (Å²) < 4.78 is 0. The van der Waals surface area contributed by atoms with Crippen molar-refractivity contribution in [2.75, 3.05) is 6.54 Å². The van der Waals surface area contributed by atoms with Crippen LogP contribution in [0, 0.1) is 11.8 Å². The fourth-order valence-corrected chi connectivity index (χ4v) is 2.66. The molecule has 1 rings (SSSR count). The van der Waals surface area contributed by atoms with Crippen LogP contribution < -0.4 is 16.4 Å². The van der Waals surface area contributed by atoms with E-state index in [0.29, 0.717) is 5.92 Å². The quantitative estimate of drug-likeness (QED) is 0.577. The van der Waals surface area contributed by atoms with Crippen LogP contribution in [0.2, 0.25) is 0 Å². The van der Waals surface area contributed by atoms with Crippen LogP contribution in [0.25, 0.3) is 0 Å². The molecule has 0 saturated heterocycles. The van der Waals surface area contributed by atoms with Gasteiger partial charge in [0.2, 0.25) is 5.91 Å². The summed E-state index contributed by atoms with van der Waals surface area (Å²) in [5.41, 5.74) is 6.88. The smallest absolute Gasteiger partial charge is 0.238 e. The van der Waals surface area contributed by atoms with Crippen molar-refractivity contribution in [1.29, 1.82) is 0 Å². The van der Waals surface area contributed by atoms with Crippen LogP contribution in [0.3, 0.4) is 0 Å². The fraction of sp³-hybridized carbons (Fsp3) is 0.650. The molecule has 0 heterocycles. The molecule has 24 heavy (non-hydrogen) atoms. The zero-order valence-corrected chi connectivity index (χ0v) is 15.9. The molecule has 136 valence electrons. The van der Waals surface area contributed by atoms with Gasteiger partial charge in [0, 0.05) is 6.42 Å². The van der Waals surface area contributed by atoms with Crippen molar-refractivity contribution in [2.24, 2.45) is 17.6 Å². The van der Waals surface area contributed by atoms with E-state index in [0.717, 1.165) is 25.8 Å². The van der Waals surface area contributed by atoms with Crippen molar-refractivity contribution in [3.05, 3.63) is 35.9 Å². The van der Waals surface area contributed by atoms with Gasteiger partial charge >= 0.3 is 0 Å². The molecule has 3 atom stereocenters. The van der Waals surface area contributed by atoms with Crippen molar-refractivity contribution in [1.82, 2.24) is 10.6 Å². The number of hydrogen-bond donors (Lipinski definition) is 3. The number of benzene rings is 1. The van der Waals surface area contributed by atoms with Crippen LogP contribution in [-0.2, 0) is 11.2 Å². The van der Waals surface area contributed by atoms with E-state index in [2.05, 4.69) is 50.5 Å². The van der Waals surface area contributed by atoms with Crippen LogP contribution in [0.15, 0.2) is 30.3 Å². The lowest BCUT2D eigenvalue weighted by Gasteiger charge is -2.37. The van der Waals surface area contributed by atoms with E-state index >= 15 is 0 Å². The summed E-state index contributed by atoms with van der Waals surface area (Å²) in [6.07, 6.45) is 2.44. The van der Waals surface area contributed by atoms with E-state index in [4.69, 9.17) is 5.73 Å². The summed E-state index contributed by atoms with van der Waals surface area (Å²) in [7, 11) is 0. The molecule has 0 aromatic heterocycles. The number of carbonyl (C=O) groups is 1. The molecule has 0 spiro atoms. The molecule has 0 aliphatic rings. The Morgan fingerprint density at radius 2 is 1.79 bits per heavy atom. The highest BCUT2D eigenvalue weighted by molar-refractivity contribution is 5.82. The Kier molecular flexibility index (Phi) is 8.43. The molecule has 4 heteroatoms. The summed E-state index contributed by atoms with van der Waals surface area (Å²) in [4.78, 5) is 12.7. The highest BCUT2D eigenvalue weighted by Gasteiger charge is 2.32. The van der Waals surface area contributed by atoms with Gasteiger partial charge in [0.25, 0.3) is 0 Å². The maximum Gasteiger partial charge on any atom is 0.238 e. The van der Waals surface area contributed by atoms with Crippen LogP contribution in [0.4, 0.5) is 0 Å². The average Bonchev–Trinajstić information content (AvgIpc) is 2.59. The van der Waals surface area contributed by atoms with E-state index in [1.807, 2.05) is 25.1 Å². The Labute approximate surface area is 147 Å². The Morgan fingerprint density at radius 1 is 1.17 bits per heavy atom. The van der Waals surface area contributed by atoms with Gasteiger partial charge in [-0.15, -0.1) is 0 Å². The van der Waals surface area contributed by atoms with Gasteiger partial charge < -0.3 is 11.1 Å². The van der Waals surface area contributed by atoms with E-state index in [1.165, 1.54) is 5.56 Å². The van der Waals surface area contributed by atoms with Crippen molar-refractivity contribution in [3.8, 4) is 0 Å².